The summed E-state index contributed by atoms with van der Waals surface area (Å²) in [5, 5.41) is 18.4. The molecule has 6 atom stereocenters. The minimum Gasteiger partial charge on any atom is -0.481 e. The van der Waals surface area contributed by atoms with Crippen molar-refractivity contribution in [2.75, 3.05) is 0 Å². The maximum Gasteiger partial charge on any atom is 0.307 e. The summed E-state index contributed by atoms with van der Waals surface area (Å²) < 4.78 is 0. The first-order valence-corrected chi connectivity index (χ1v) is 5.73. The molecule has 0 radical (unpaired) electrons. The lowest BCUT2D eigenvalue weighted by Gasteiger charge is -2.45. The molecule has 3 rings (SSSR count). The molecule has 86 valence electrons. The fraction of sp³-hybridized carbons (Fsp3) is 0.667. The van der Waals surface area contributed by atoms with Crippen LogP contribution in [0.3, 0.4) is 0 Å². The number of allylic oxidation sites excluding steroid dienone is 2. The highest BCUT2D eigenvalue weighted by Crippen LogP contribution is 2.62. The fourth-order valence-electron chi connectivity index (χ4n) is 4.12. The van der Waals surface area contributed by atoms with Gasteiger partial charge < -0.3 is 10.2 Å². The molecule has 0 spiro atoms. The van der Waals surface area contributed by atoms with Crippen molar-refractivity contribution in [1.82, 2.24) is 0 Å². The second-order valence-corrected chi connectivity index (χ2v) is 5.21. The van der Waals surface area contributed by atoms with Crippen LogP contribution in [0, 0.1) is 35.5 Å². The minimum absolute atomic E-state index is 0.0453. The Kier molecular flexibility index (Phi) is 1.91. The van der Waals surface area contributed by atoms with Gasteiger partial charge in [-0.15, -0.1) is 0 Å². The van der Waals surface area contributed by atoms with E-state index in [2.05, 4.69) is 0 Å². The third-order valence-corrected chi connectivity index (χ3v) is 4.69. The number of carboxylic acids is 2. The van der Waals surface area contributed by atoms with Gasteiger partial charge in [-0.1, -0.05) is 12.2 Å². The zero-order chi connectivity index (χ0) is 11.4. The van der Waals surface area contributed by atoms with Crippen LogP contribution in [0.1, 0.15) is 12.8 Å². The Hall–Kier alpha value is -1.32. The molecule has 0 saturated heterocycles. The molecule has 6 unspecified atom stereocenters. The van der Waals surface area contributed by atoms with Gasteiger partial charge in [0.1, 0.15) is 0 Å². The van der Waals surface area contributed by atoms with E-state index < -0.39 is 23.8 Å². The van der Waals surface area contributed by atoms with Gasteiger partial charge in [0.25, 0.3) is 0 Å². The number of carboxylic acid groups (broad SMARTS) is 2. The number of aliphatic carboxylic acids is 2. The highest BCUT2D eigenvalue weighted by molar-refractivity contribution is 5.82. The summed E-state index contributed by atoms with van der Waals surface area (Å²) >= 11 is 0. The molecule has 0 aromatic heterocycles. The Bertz CT molecular complexity index is 386. The summed E-state index contributed by atoms with van der Waals surface area (Å²) in [6.07, 6.45) is 5.86. The van der Waals surface area contributed by atoms with Crippen LogP contribution >= 0.6 is 0 Å². The van der Waals surface area contributed by atoms with Gasteiger partial charge in [0.05, 0.1) is 11.8 Å². The van der Waals surface area contributed by atoms with Crippen molar-refractivity contribution in [2.24, 2.45) is 35.5 Å². The highest BCUT2D eigenvalue weighted by Gasteiger charge is 2.63. The molecule has 4 nitrogen and oxygen atoms in total. The topological polar surface area (TPSA) is 74.6 Å². The van der Waals surface area contributed by atoms with Crippen LogP contribution in [0.2, 0.25) is 0 Å². The van der Waals surface area contributed by atoms with Crippen molar-refractivity contribution >= 4 is 11.9 Å². The lowest BCUT2D eigenvalue weighted by molar-refractivity contribution is -0.154. The minimum atomic E-state index is -0.947. The van der Waals surface area contributed by atoms with Gasteiger partial charge in [-0.05, 0) is 36.5 Å². The van der Waals surface area contributed by atoms with Crippen molar-refractivity contribution in [3.63, 3.8) is 0 Å². The van der Waals surface area contributed by atoms with Crippen LogP contribution in [0.4, 0.5) is 0 Å². The van der Waals surface area contributed by atoms with E-state index in [0.717, 1.165) is 12.8 Å². The highest BCUT2D eigenvalue weighted by atomic mass is 16.4. The maximum atomic E-state index is 11.2. The smallest absolute Gasteiger partial charge is 0.307 e. The number of carbonyl (C=O) groups is 2. The Balaban J connectivity index is 2.00. The van der Waals surface area contributed by atoms with E-state index in [9.17, 15) is 19.8 Å². The average Bonchev–Trinajstić information content (AvgIpc) is 2.47. The molecule has 2 saturated carbocycles. The van der Waals surface area contributed by atoms with Crippen molar-refractivity contribution in [1.29, 1.82) is 0 Å². The normalized spacial score (nSPS) is 48.2. The van der Waals surface area contributed by atoms with Crippen molar-refractivity contribution in [3.8, 4) is 0 Å². The lowest BCUT2D eigenvalue weighted by atomic mass is 9.59. The summed E-state index contributed by atoms with van der Waals surface area (Å²) in [6.45, 7) is 0. The first-order valence-electron chi connectivity index (χ1n) is 5.73. The second kappa shape index (κ2) is 3.09. The zero-order valence-electron chi connectivity index (χ0n) is 8.74. The molecule has 16 heavy (non-hydrogen) atoms. The molecule has 4 heteroatoms. The van der Waals surface area contributed by atoms with Gasteiger partial charge in [0.2, 0.25) is 0 Å². The van der Waals surface area contributed by atoms with Crippen LogP contribution in [0.15, 0.2) is 12.2 Å². The summed E-state index contributed by atoms with van der Waals surface area (Å²) in [5.74, 6) is -2.37. The van der Waals surface area contributed by atoms with Crippen LogP contribution in [0.5, 0.6) is 0 Å². The summed E-state index contributed by atoms with van der Waals surface area (Å²) in [7, 11) is 0. The molecular weight excluding hydrogens is 208 g/mol. The Labute approximate surface area is 93.0 Å². The largest absolute Gasteiger partial charge is 0.481 e. The molecule has 0 aliphatic heterocycles. The summed E-state index contributed by atoms with van der Waals surface area (Å²) in [5.41, 5.74) is 0. The van der Waals surface area contributed by atoms with E-state index >= 15 is 0 Å². The van der Waals surface area contributed by atoms with Crippen LogP contribution in [0.25, 0.3) is 0 Å². The maximum absolute atomic E-state index is 11.2. The Morgan fingerprint density at radius 3 is 2.44 bits per heavy atom. The molecule has 2 N–H and O–H groups in total. The molecule has 3 aliphatic rings. The molecule has 0 heterocycles. The Morgan fingerprint density at radius 1 is 1.12 bits per heavy atom. The molecule has 0 bridgehead atoms. The molecular formula is C12H14O4. The van der Waals surface area contributed by atoms with E-state index in [1.807, 2.05) is 12.2 Å². The van der Waals surface area contributed by atoms with Crippen LogP contribution < -0.4 is 0 Å². The molecule has 0 aromatic rings. The zero-order valence-corrected chi connectivity index (χ0v) is 8.74. The van der Waals surface area contributed by atoms with Crippen molar-refractivity contribution < 1.29 is 19.8 Å². The molecule has 0 aromatic carbocycles. The van der Waals surface area contributed by atoms with Crippen molar-refractivity contribution in [3.05, 3.63) is 12.2 Å². The van der Waals surface area contributed by atoms with Gasteiger partial charge in [-0.25, -0.2) is 0 Å². The fourth-order valence-corrected chi connectivity index (χ4v) is 4.12. The number of hydrogen-bond acceptors (Lipinski definition) is 2. The first kappa shape index (κ1) is 9.87. The van der Waals surface area contributed by atoms with Crippen LogP contribution in [-0.2, 0) is 9.59 Å². The number of hydrogen-bond donors (Lipinski definition) is 2. The molecule has 0 amide bonds. The quantitative estimate of drug-likeness (QED) is 0.689. The molecule has 3 aliphatic carbocycles. The first-order chi connectivity index (χ1) is 7.61. The third kappa shape index (κ3) is 1.05. The second-order valence-electron chi connectivity index (χ2n) is 5.21. The Morgan fingerprint density at radius 2 is 1.81 bits per heavy atom. The predicted molar refractivity (Wildman–Crippen MR) is 54.6 cm³/mol. The van der Waals surface area contributed by atoms with Crippen molar-refractivity contribution in [2.45, 2.75) is 12.8 Å². The van der Waals surface area contributed by atoms with E-state index in [0.29, 0.717) is 11.8 Å². The monoisotopic (exact) mass is 222 g/mol. The lowest BCUT2D eigenvalue weighted by Crippen LogP contribution is -2.40. The van der Waals surface area contributed by atoms with E-state index in [1.165, 1.54) is 0 Å². The molecule has 2 fully saturated rings. The van der Waals surface area contributed by atoms with Gasteiger partial charge in [-0.3, -0.25) is 9.59 Å². The third-order valence-electron chi connectivity index (χ3n) is 4.69. The standard InChI is InChI=1S/C12H14O4/c13-11(14)9-6-3-1-2-5-4-7(8(5)6)10(9)12(15)16/h1,3,5-10H,2,4H2,(H,13,14)(H,15,16). The van der Waals surface area contributed by atoms with E-state index in [-0.39, 0.29) is 11.8 Å². The number of rotatable bonds is 2. The van der Waals surface area contributed by atoms with Gasteiger partial charge >= 0.3 is 11.9 Å². The summed E-state index contributed by atoms with van der Waals surface area (Å²) in [6, 6.07) is 0. The SMILES string of the molecule is O=C(O)C1C2C=CCC3CC(C1C(=O)O)C32. The van der Waals surface area contributed by atoms with E-state index in [1.54, 1.807) is 0 Å². The van der Waals surface area contributed by atoms with Gasteiger partial charge in [-0.2, -0.15) is 0 Å². The summed E-state index contributed by atoms with van der Waals surface area (Å²) in [4.78, 5) is 22.4. The van der Waals surface area contributed by atoms with Crippen LogP contribution in [-0.4, -0.2) is 22.2 Å². The predicted octanol–water partition coefficient (Wildman–Crippen LogP) is 1.23. The average molecular weight is 222 g/mol. The van der Waals surface area contributed by atoms with Gasteiger partial charge in [0.15, 0.2) is 0 Å². The van der Waals surface area contributed by atoms with Gasteiger partial charge in [0, 0.05) is 0 Å². The van der Waals surface area contributed by atoms with E-state index in [4.69, 9.17) is 0 Å².